The van der Waals surface area contributed by atoms with Crippen LogP contribution in [-0.4, -0.2) is 5.78 Å². The van der Waals surface area contributed by atoms with Crippen molar-refractivity contribution in [2.24, 2.45) is 0 Å². The summed E-state index contributed by atoms with van der Waals surface area (Å²) >= 11 is 0. The zero-order chi connectivity index (χ0) is 13.9. The van der Waals surface area contributed by atoms with Crippen LogP contribution >= 0.6 is 0 Å². The Balaban J connectivity index is 1.99. The lowest BCUT2D eigenvalue weighted by molar-refractivity contribution is 0.0993. The molecule has 0 fully saturated rings. The summed E-state index contributed by atoms with van der Waals surface area (Å²) in [6.07, 6.45) is 0.0840. The molecule has 0 saturated carbocycles. The average Bonchev–Trinajstić information content (AvgIpc) is 2.49. The first-order chi connectivity index (χ1) is 9.75. The van der Waals surface area contributed by atoms with Crippen molar-refractivity contribution in [3.8, 4) is 0 Å². The fraction of sp³-hybridized carbons (Fsp3) is 0.0556. The highest BCUT2D eigenvalue weighted by molar-refractivity contribution is 6.08. The number of ketones is 1. The summed E-state index contributed by atoms with van der Waals surface area (Å²) in [6, 6.07) is 19.8. The molecule has 0 N–H and O–H groups in total. The van der Waals surface area contributed by atoms with Crippen LogP contribution in [0.15, 0.2) is 66.7 Å². The lowest BCUT2D eigenvalue weighted by Gasteiger charge is -2.06. The molecule has 0 atom stereocenters. The maximum Gasteiger partial charge on any atom is 0.167 e. The molecule has 20 heavy (non-hydrogen) atoms. The Morgan fingerprint density at radius 2 is 1.55 bits per heavy atom. The van der Waals surface area contributed by atoms with Gasteiger partial charge in [0.05, 0.1) is 0 Å². The van der Waals surface area contributed by atoms with Gasteiger partial charge in [-0.15, -0.1) is 0 Å². The van der Waals surface area contributed by atoms with Crippen molar-refractivity contribution < 1.29 is 9.18 Å². The van der Waals surface area contributed by atoms with Gasteiger partial charge in [0, 0.05) is 12.0 Å². The number of rotatable bonds is 3. The van der Waals surface area contributed by atoms with E-state index in [-0.39, 0.29) is 18.0 Å². The highest BCUT2D eigenvalue weighted by Crippen LogP contribution is 2.20. The summed E-state index contributed by atoms with van der Waals surface area (Å²) < 4.78 is 13.6. The lowest BCUT2D eigenvalue weighted by Crippen LogP contribution is -2.05. The quantitative estimate of drug-likeness (QED) is 0.641. The Morgan fingerprint density at radius 3 is 2.40 bits per heavy atom. The SMILES string of the molecule is O=C(Cc1ccccc1F)c1cccc2ccccc12. The lowest BCUT2D eigenvalue weighted by atomic mass is 9.97. The smallest absolute Gasteiger partial charge is 0.167 e. The third-order valence-electron chi connectivity index (χ3n) is 3.40. The summed E-state index contributed by atoms with van der Waals surface area (Å²) in [6.45, 7) is 0. The van der Waals surface area contributed by atoms with Gasteiger partial charge in [0.15, 0.2) is 5.78 Å². The minimum Gasteiger partial charge on any atom is -0.294 e. The number of hydrogen-bond acceptors (Lipinski definition) is 1. The largest absolute Gasteiger partial charge is 0.294 e. The summed E-state index contributed by atoms with van der Waals surface area (Å²) in [5.41, 5.74) is 1.08. The van der Waals surface area contributed by atoms with Crippen LogP contribution in [0, 0.1) is 5.82 Å². The minimum atomic E-state index is -0.332. The Labute approximate surface area is 116 Å². The van der Waals surface area contributed by atoms with E-state index in [1.54, 1.807) is 24.3 Å². The van der Waals surface area contributed by atoms with Crippen molar-refractivity contribution in [3.63, 3.8) is 0 Å². The molecule has 0 radical (unpaired) electrons. The van der Waals surface area contributed by atoms with E-state index >= 15 is 0 Å². The molecule has 0 aliphatic heterocycles. The molecular formula is C18H13FO. The Hall–Kier alpha value is -2.48. The molecule has 1 nitrogen and oxygen atoms in total. The summed E-state index contributed by atoms with van der Waals surface area (Å²) in [7, 11) is 0. The van der Waals surface area contributed by atoms with Crippen LogP contribution in [0.1, 0.15) is 15.9 Å². The van der Waals surface area contributed by atoms with E-state index < -0.39 is 0 Å². The maximum absolute atomic E-state index is 13.6. The predicted molar refractivity (Wildman–Crippen MR) is 78.4 cm³/mol. The molecule has 3 aromatic rings. The fourth-order valence-corrected chi connectivity index (χ4v) is 2.38. The highest BCUT2D eigenvalue weighted by atomic mass is 19.1. The molecule has 3 aromatic carbocycles. The number of carbonyl (C=O) groups excluding carboxylic acids is 1. The molecular weight excluding hydrogens is 251 g/mol. The summed E-state index contributed by atoms with van der Waals surface area (Å²) in [5.74, 6) is -0.395. The van der Waals surface area contributed by atoms with Crippen molar-refractivity contribution in [2.75, 3.05) is 0 Å². The van der Waals surface area contributed by atoms with Crippen LogP contribution in [0.25, 0.3) is 10.8 Å². The second-order valence-corrected chi connectivity index (χ2v) is 4.72. The average molecular weight is 264 g/mol. The molecule has 0 aliphatic rings. The third kappa shape index (κ3) is 2.32. The van der Waals surface area contributed by atoms with Crippen LogP contribution < -0.4 is 0 Å². The number of Topliss-reactive ketones (excluding diaryl/α,β-unsaturated/α-hetero) is 1. The first kappa shape index (κ1) is 12.5. The van der Waals surface area contributed by atoms with E-state index in [2.05, 4.69) is 0 Å². The van der Waals surface area contributed by atoms with Gasteiger partial charge in [-0.05, 0) is 22.4 Å². The Morgan fingerprint density at radius 1 is 0.850 bits per heavy atom. The molecule has 0 saturated heterocycles. The van der Waals surface area contributed by atoms with Gasteiger partial charge >= 0.3 is 0 Å². The number of fused-ring (bicyclic) bond motifs is 1. The summed E-state index contributed by atoms with van der Waals surface area (Å²) in [5, 5.41) is 1.93. The minimum absolute atomic E-state index is 0.0631. The van der Waals surface area contributed by atoms with Gasteiger partial charge < -0.3 is 0 Å². The van der Waals surface area contributed by atoms with Gasteiger partial charge in [-0.25, -0.2) is 4.39 Å². The number of halogens is 1. The first-order valence-electron chi connectivity index (χ1n) is 6.50. The van der Waals surface area contributed by atoms with Gasteiger partial charge in [-0.3, -0.25) is 4.79 Å². The Kier molecular flexibility index (Phi) is 3.30. The second-order valence-electron chi connectivity index (χ2n) is 4.72. The van der Waals surface area contributed by atoms with Crippen LogP contribution in [0.3, 0.4) is 0 Å². The molecule has 0 bridgehead atoms. The fourth-order valence-electron chi connectivity index (χ4n) is 2.38. The number of benzene rings is 3. The zero-order valence-corrected chi connectivity index (χ0v) is 10.8. The normalized spacial score (nSPS) is 10.7. The third-order valence-corrected chi connectivity index (χ3v) is 3.40. The van der Waals surface area contributed by atoms with E-state index in [0.29, 0.717) is 11.1 Å². The van der Waals surface area contributed by atoms with Gasteiger partial charge in [0.2, 0.25) is 0 Å². The molecule has 2 heteroatoms. The van der Waals surface area contributed by atoms with E-state index in [1.165, 1.54) is 6.07 Å². The van der Waals surface area contributed by atoms with Crippen LogP contribution in [0.5, 0.6) is 0 Å². The standard InChI is InChI=1S/C18H13FO/c19-17-11-4-2-7-14(17)12-18(20)16-10-5-8-13-6-1-3-9-15(13)16/h1-11H,12H2. The van der Waals surface area contributed by atoms with E-state index in [4.69, 9.17) is 0 Å². The van der Waals surface area contributed by atoms with Crippen molar-refractivity contribution in [2.45, 2.75) is 6.42 Å². The van der Waals surface area contributed by atoms with Gasteiger partial charge in [-0.1, -0.05) is 60.7 Å². The van der Waals surface area contributed by atoms with E-state index in [9.17, 15) is 9.18 Å². The number of hydrogen-bond donors (Lipinski definition) is 0. The van der Waals surface area contributed by atoms with Crippen molar-refractivity contribution >= 4 is 16.6 Å². The van der Waals surface area contributed by atoms with Crippen LogP contribution in [0.2, 0.25) is 0 Å². The van der Waals surface area contributed by atoms with Gasteiger partial charge in [0.25, 0.3) is 0 Å². The molecule has 3 rings (SSSR count). The highest BCUT2D eigenvalue weighted by Gasteiger charge is 2.12. The molecule has 0 amide bonds. The molecule has 0 spiro atoms. The van der Waals surface area contributed by atoms with Crippen molar-refractivity contribution in [3.05, 3.63) is 83.7 Å². The maximum atomic E-state index is 13.6. The first-order valence-corrected chi connectivity index (χ1v) is 6.50. The van der Waals surface area contributed by atoms with E-state index in [1.807, 2.05) is 36.4 Å². The molecule has 98 valence electrons. The molecule has 0 unspecified atom stereocenters. The molecule has 0 heterocycles. The Bertz CT molecular complexity index is 772. The van der Waals surface area contributed by atoms with Gasteiger partial charge in [-0.2, -0.15) is 0 Å². The van der Waals surface area contributed by atoms with Gasteiger partial charge in [0.1, 0.15) is 5.82 Å². The topological polar surface area (TPSA) is 17.1 Å². The van der Waals surface area contributed by atoms with Crippen LogP contribution in [0.4, 0.5) is 4.39 Å². The molecule has 0 aliphatic carbocycles. The predicted octanol–water partition coefficient (Wildman–Crippen LogP) is 4.40. The zero-order valence-electron chi connectivity index (χ0n) is 10.8. The monoisotopic (exact) mass is 264 g/mol. The second kappa shape index (κ2) is 5.25. The summed E-state index contributed by atoms with van der Waals surface area (Å²) in [4.78, 5) is 12.4. The van der Waals surface area contributed by atoms with Crippen molar-refractivity contribution in [1.29, 1.82) is 0 Å². The molecule has 0 aromatic heterocycles. The van der Waals surface area contributed by atoms with E-state index in [0.717, 1.165) is 10.8 Å². The number of carbonyl (C=O) groups is 1. The van der Waals surface area contributed by atoms with Crippen LogP contribution in [-0.2, 0) is 6.42 Å². The van der Waals surface area contributed by atoms with Crippen molar-refractivity contribution in [1.82, 2.24) is 0 Å².